The van der Waals surface area contributed by atoms with Crippen LogP contribution in [0.5, 0.6) is 5.75 Å². The number of rotatable bonds is 5. The average Bonchev–Trinajstić information content (AvgIpc) is 2.37. The minimum Gasteiger partial charge on any atom is -0.493 e. The molecule has 3 nitrogen and oxygen atoms in total. The lowest BCUT2D eigenvalue weighted by atomic mass is 10.3. The van der Waals surface area contributed by atoms with E-state index < -0.39 is 0 Å². The lowest BCUT2D eigenvalue weighted by Gasteiger charge is -2.23. The zero-order chi connectivity index (χ0) is 11.1. The first-order valence-corrected chi connectivity index (χ1v) is 6.04. The highest BCUT2D eigenvalue weighted by Crippen LogP contribution is 2.07. The molecule has 0 bridgehead atoms. The van der Waals surface area contributed by atoms with Crippen molar-refractivity contribution >= 4 is 0 Å². The molecule has 0 atom stereocenters. The van der Waals surface area contributed by atoms with Crippen LogP contribution in [0.2, 0.25) is 0 Å². The van der Waals surface area contributed by atoms with E-state index in [1.54, 1.807) is 4.90 Å². The Labute approximate surface area is 97.0 Å². The van der Waals surface area contributed by atoms with Crippen LogP contribution >= 0.6 is 0 Å². The first kappa shape index (κ1) is 11.4. The molecule has 0 unspecified atom stereocenters. The third kappa shape index (κ3) is 3.83. The number of benzene rings is 1. The van der Waals surface area contributed by atoms with Gasteiger partial charge in [0, 0.05) is 6.42 Å². The normalized spacial score (nSPS) is 17.2. The number of hydrogen-bond donors (Lipinski definition) is 1. The van der Waals surface area contributed by atoms with Gasteiger partial charge in [-0.2, -0.15) is 0 Å². The standard InChI is InChI=1S/C13H19NO2/c1-2-5-13(6-3-1)16-10-4-7-14-8-11-15-12-9-14/h1-3,5-6H,4,7-12H2/p+1. The molecule has 88 valence electrons. The molecule has 16 heavy (non-hydrogen) atoms. The first-order chi connectivity index (χ1) is 7.95. The second-order valence-electron chi connectivity index (χ2n) is 4.13. The van der Waals surface area contributed by atoms with Crippen molar-refractivity contribution in [3.8, 4) is 5.75 Å². The molecule has 1 aliphatic rings. The van der Waals surface area contributed by atoms with Crippen molar-refractivity contribution < 1.29 is 14.4 Å². The Hall–Kier alpha value is -1.06. The van der Waals surface area contributed by atoms with Gasteiger partial charge in [-0.25, -0.2) is 0 Å². The van der Waals surface area contributed by atoms with Crippen molar-refractivity contribution in [1.29, 1.82) is 0 Å². The van der Waals surface area contributed by atoms with Gasteiger partial charge in [0.2, 0.25) is 0 Å². The van der Waals surface area contributed by atoms with Crippen molar-refractivity contribution in [3.63, 3.8) is 0 Å². The fourth-order valence-electron chi connectivity index (χ4n) is 1.94. The molecular formula is C13H20NO2+. The summed E-state index contributed by atoms with van der Waals surface area (Å²) in [6.45, 7) is 6.12. The summed E-state index contributed by atoms with van der Waals surface area (Å²) in [5.41, 5.74) is 0. The fourth-order valence-corrected chi connectivity index (χ4v) is 1.94. The summed E-state index contributed by atoms with van der Waals surface area (Å²) < 4.78 is 11.0. The summed E-state index contributed by atoms with van der Waals surface area (Å²) >= 11 is 0. The van der Waals surface area contributed by atoms with Crippen LogP contribution in [-0.2, 0) is 4.74 Å². The maximum Gasteiger partial charge on any atom is 0.119 e. The molecular weight excluding hydrogens is 202 g/mol. The number of nitrogens with one attached hydrogen (secondary N) is 1. The van der Waals surface area contributed by atoms with Gasteiger partial charge in [-0.3, -0.25) is 0 Å². The van der Waals surface area contributed by atoms with Crippen molar-refractivity contribution in [2.45, 2.75) is 6.42 Å². The minimum absolute atomic E-state index is 0.814. The van der Waals surface area contributed by atoms with Gasteiger partial charge < -0.3 is 14.4 Å². The number of morpholine rings is 1. The Kier molecular flexibility index (Phi) is 4.65. The van der Waals surface area contributed by atoms with Crippen LogP contribution in [0.15, 0.2) is 30.3 Å². The predicted molar refractivity (Wildman–Crippen MR) is 62.9 cm³/mol. The van der Waals surface area contributed by atoms with E-state index in [-0.39, 0.29) is 0 Å². The van der Waals surface area contributed by atoms with Gasteiger partial charge in [-0.15, -0.1) is 0 Å². The van der Waals surface area contributed by atoms with E-state index in [0.717, 1.165) is 45.1 Å². The molecule has 1 aromatic rings. The van der Waals surface area contributed by atoms with Gasteiger partial charge in [-0.05, 0) is 12.1 Å². The topological polar surface area (TPSA) is 22.9 Å². The third-order valence-electron chi connectivity index (χ3n) is 2.89. The Bertz CT molecular complexity index is 283. The molecule has 1 heterocycles. The van der Waals surface area contributed by atoms with E-state index in [1.165, 1.54) is 6.54 Å². The van der Waals surface area contributed by atoms with E-state index >= 15 is 0 Å². The Morgan fingerprint density at radius 3 is 2.62 bits per heavy atom. The van der Waals surface area contributed by atoms with Crippen LogP contribution in [0.4, 0.5) is 0 Å². The zero-order valence-corrected chi connectivity index (χ0v) is 9.65. The maximum atomic E-state index is 5.65. The summed E-state index contributed by atoms with van der Waals surface area (Å²) in [6, 6.07) is 10.0. The van der Waals surface area contributed by atoms with E-state index in [9.17, 15) is 0 Å². The molecule has 1 saturated heterocycles. The largest absolute Gasteiger partial charge is 0.493 e. The first-order valence-electron chi connectivity index (χ1n) is 6.04. The molecule has 0 amide bonds. The molecule has 3 heteroatoms. The van der Waals surface area contributed by atoms with Crippen LogP contribution in [0.25, 0.3) is 0 Å². The number of para-hydroxylation sites is 1. The number of hydrogen-bond acceptors (Lipinski definition) is 2. The molecule has 1 fully saturated rings. The summed E-state index contributed by atoms with van der Waals surface area (Å²) in [4.78, 5) is 1.64. The van der Waals surface area contributed by atoms with Crippen LogP contribution in [0.3, 0.4) is 0 Å². The van der Waals surface area contributed by atoms with Crippen LogP contribution in [0.1, 0.15) is 6.42 Å². The van der Waals surface area contributed by atoms with Crippen molar-refractivity contribution in [2.24, 2.45) is 0 Å². The molecule has 0 aliphatic carbocycles. The van der Waals surface area contributed by atoms with Crippen LogP contribution < -0.4 is 9.64 Å². The van der Waals surface area contributed by atoms with E-state index in [1.807, 2.05) is 30.3 Å². The van der Waals surface area contributed by atoms with E-state index in [0.29, 0.717) is 0 Å². The Morgan fingerprint density at radius 2 is 1.88 bits per heavy atom. The summed E-state index contributed by atoms with van der Waals surface area (Å²) in [6.07, 6.45) is 1.12. The van der Waals surface area contributed by atoms with Gasteiger partial charge in [0.15, 0.2) is 0 Å². The van der Waals surface area contributed by atoms with Crippen molar-refractivity contribution in [2.75, 3.05) is 39.5 Å². The van der Waals surface area contributed by atoms with Gasteiger partial charge in [0.05, 0.1) is 26.4 Å². The Morgan fingerprint density at radius 1 is 1.12 bits per heavy atom. The molecule has 0 spiro atoms. The molecule has 0 aromatic heterocycles. The number of ether oxygens (including phenoxy) is 2. The third-order valence-corrected chi connectivity index (χ3v) is 2.89. The average molecular weight is 222 g/mol. The lowest BCUT2D eigenvalue weighted by molar-refractivity contribution is -0.908. The van der Waals surface area contributed by atoms with Crippen molar-refractivity contribution in [1.82, 2.24) is 0 Å². The minimum atomic E-state index is 0.814. The summed E-state index contributed by atoms with van der Waals surface area (Å²) in [5.74, 6) is 0.972. The molecule has 0 saturated carbocycles. The molecule has 1 aliphatic heterocycles. The maximum absolute atomic E-state index is 5.65. The van der Waals surface area contributed by atoms with E-state index in [4.69, 9.17) is 9.47 Å². The monoisotopic (exact) mass is 222 g/mol. The summed E-state index contributed by atoms with van der Waals surface area (Å²) in [5, 5.41) is 0. The van der Waals surface area contributed by atoms with Crippen LogP contribution in [-0.4, -0.2) is 39.5 Å². The zero-order valence-electron chi connectivity index (χ0n) is 9.65. The Balaban J connectivity index is 1.58. The summed E-state index contributed by atoms with van der Waals surface area (Å²) in [7, 11) is 0. The van der Waals surface area contributed by atoms with Crippen molar-refractivity contribution in [3.05, 3.63) is 30.3 Å². The highest BCUT2D eigenvalue weighted by molar-refractivity contribution is 5.20. The number of quaternary nitrogens is 1. The molecule has 2 rings (SSSR count). The smallest absolute Gasteiger partial charge is 0.119 e. The van der Waals surface area contributed by atoms with Gasteiger partial charge in [0.1, 0.15) is 18.8 Å². The van der Waals surface area contributed by atoms with E-state index in [2.05, 4.69) is 0 Å². The van der Waals surface area contributed by atoms with Gasteiger partial charge in [0.25, 0.3) is 0 Å². The van der Waals surface area contributed by atoms with Gasteiger partial charge in [-0.1, -0.05) is 18.2 Å². The van der Waals surface area contributed by atoms with Crippen LogP contribution in [0, 0.1) is 0 Å². The predicted octanol–water partition coefficient (Wildman–Crippen LogP) is 0.371. The molecule has 1 N–H and O–H groups in total. The lowest BCUT2D eigenvalue weighted by Crippen LogP contribution is -3.14. The SMILES string of the molecule is c1ccc(OCCC[NH+]2CCOCC2)cc1. The highest BCUT2D eigenvalue weighted by Gasteiger charge is 2.12. The second-order valence-corrected chi connectivity index (χ2v) is 4.13. The van der Waals surface area contributed by atoms with Gasteiger partial charge >= 0.3 is 0 Å². The fraction of sp³-hybridized carbons (Fsp3) is 0.538. The molecule has 1 aromatic carbocycles. The quantitative estimate of drug-likeness (QED) is 0.727. The highest BCUT2D eigenvalue weighted by atomic mass is 16.5. The second kappa shape index (κ2) is 6.51. The molecule has 0 radical (unpaired) electrons.